The first kappa shape index (κ1) is 17.6. The molecule has 21 heavy (non-hydrogen) atoms. The van der Waals surface area contributed by atoms with Gasteiger partial charge in [-0.05, 0) is 25.5 Å². The Kier molecular flexibility index (Phi) is 7.97. The van der Waals surface area contributed by atoms with Crippen molar-refractivity contribution in [2.45, 2.75) is 32.9 Å². The number of nitrogens with one attached hydrogen (secondary N) is 1. The summed E-state index contributed by atoms with van der Waals surface area (Å²) >= 11 is 0. The molecular formula is C16H27N3O2. The number of nitrogens with zero attached hydrogens (tertiary/aromatic N) is 1. The molecule has 0 spiro atoms. The van der Waals surface area contributed by atoms with Crippen LogP contribution in [0.3, 0.4) is 0 Å². The van der Waals surface area contributed by atoms with E-state index in [1.807, 2.05) is 24.3 Å². The highest BCUT2D eigenvalue weighted by atomic mass is 16.5. The van der Waals surface area contributed by atoms with Gasteiger partial charge in [-0.15, -0.1) is 0 Å². The highest BCUT2D eigenvalue weighted by molar-refractivity contribution is 5.91. The Morgan fingerprint density at radius 3 is 2.67 bits per heavy atom. The van der Waals surface area contributed by atoms with Gasteiger partial charge in [0.15, 0.2) is 0 Å². The summed E-state index contributed by atoms with van der Waals surface area (Å²) in [5, 5.41) is 2.93. The van der Waals surface area contributed by atoms with Gasteiger partial charge >= 0.3 is 0 Å². The van der Waals surface area contributed by atoms with Crippen LogP contribution < -0.4 is 11.1 Å². The number of para-hydroxylation sites is 1. The van der Waals surface area contributed by atoms with Crippen molar-refractivity contribution in [1.82, 2.24) is 4.90 Å². The van der Waals surface area contributed by atoms with E-state index in [1.54, 1.807) is 7.11 Å². The number of ether oxygens (including phenoxy) is 1. The Morgan fingerprint density at radius 1 is 1.33 bits per heavy atom. The molecule has 0 bridgehead atoms. The first-order valence-corrected chi connectivity index (χ1v) is 7.39. The third-order valence-corrected chi connectivity index (χ3v) is 3.45. The van der Waals surface area contributed by atoms with Crippen LogP contribution in [0.2, 0.25) is 0 Å². The van der Waals surface area contributed by atoms with Crippen LogP contribution in [0.15, 0.2) is 24.3 Å². The van der Waals surface area contributed by atoms with E-state index < -0.39 is 0 Å². The van der Waals surface area contributed by atoms with Crippen molar-refractivity contribution in [2.24, 2.45) is 5.73 Å². The van der Waals surface area contributed by atoms with Gasteiger partial charge in [-0.3, -0.25) is 9.69 Å². The minimum Gasteiger partial charge on any atom is -0.383 e. The Bertz CT molecular complexity index is 435. The topological polar surface area (TPSA) is 67.6 Å². The molecule has 1 amide bonds. The van der Waals surface area contributed by atoms with Crippen LogP contribution >= 0.6 is 0 Å². The van der Waals surface area contributed by atoms with E-state index in [-0.39, 0.29) is 5.91 Å². The summed E-state index contributed by atoms with van der Waals surface area (Å²) in [6.07, 6.45) is 0.459. The summed E-state index contributed by atoms with van der Waals surface area (Å²) in [5.74, 6) is 0.0129. The largest absolute Gasteiger partial charge is 0.383 e. The van der Waals surface area contributed by atoms with Crippen LogP contribution in [0, 0.1) is 0 Å². The minimum absolute atomic E-state index is 0.0129. The molecule has 0 radical (unpaired) electrons. The molecule has 118 valence electrons. The Hall–Kier alpha value is -1.43. The smallest absolute Gasteiger partial charge is 0.225 e. The SMILES string of the molecule is COCCN(CCC(=O)Nc1ccccc1CN)C(C)C. The number of nitrogens with two attached hydrogens (primary N) is 1. The molecule has 5 heteroatoms. The van der Waals surface area contributed by atoms with Gasteiger partial charge in [0.25, 0.3) is 0 Å². The highest BCUT2D eigenvalue weighted by Crippen LogP contribution is 2.14. The summed E-state index contributed by atoms with van der Waals surface area (Å²) in [5.41, 5.74) is 7.42. The lowest BCUT2D eigenvalue weighted by atomic mass is 10.1. The molecule has 0 saturated heterocycles. The van der Waals surface area contributed by atoms with Crippen molar-refractivity contribution in [3.63, 3.8) is 0 Å². The van der Waals surface area contributed by atoms with E-state index in [1.165, 1.54) is 0 Å². The molecule has 1 rings (SSSR count). The van der Waals surface area contributed by atoms with Gasteiger partial charge in [0.05, 0.1) is 6.61 Å². The zero-order chi connectivity index (χ0) is 15.7. The Balaban J connectivity index is 2.49. The van der Waals surface area contributed by atoms with E-state index >= 15 is 0 Å². The van der Waals surface area contributed by atoms with E-state index in [0.717, 1.165) is 24.3 Å². The molecule has 0 saturated carbocycles. The number of amides is 1. The van der Waals surface area contributed by atoms with Gasteiger partial charge in [-0.2, -0.15) is 0 Å². The molecule has 5 nitrogen and oxygen atoms in total. The predicted octanol–water partition coefficient (Wildman–Crippen LogP) is 1.83. The third kappa shape index (κ3) is 6.25. The molecule has 0 unspecified atom stereocenters. The standard InChI is InChI=1S/C16H27N3O2/c1-13(2)19(10-11-21-3)9-8-16(20)18-15-7-5-4-6-14(15)12-17/h4-7,13H,8-12,17H2,1-3H3,(H,18,20). The lowest BCUT2D eigenvalue weighted by molar-refractivity contribution is -0.116. The number of methoxy groups -OCH3 is 1. The van der Waals surface area contributed by atoms with Gasteiger partial charge < -0.3 is 15.8 Å². The first-order valence-electron chi connectivity index (χ1n) is 7.39. The summed E-state index contributed by atoms with van der Waals surface area (Å²) < 4.78 is 5.10. The molecule has 0 atom stereocenters. The number of rotatable bonds is 9. The number of hydrogen-bond donors (Lipinski definition) is 2. The average molecular weight is 293 g/mol. The van der Waals surface area contributed by atoms with Gasteiger partial charge in [-0.25, -0.2) is 0 Å². The predicted molar refractivity (Wildman–Crippen MR) is 86.2 cm³/mol. The zero-order valence-corrected chi connectivity index (χ0v) is 13.3. The van der Waals surface area contributed by atoms with Crippen molar-refractivity contribution in [1.29, 1.82) is 0 Å². The van der Waals surface area contributed by atoms with E-state index in [0.29, 0.717) is 25.6 Å². The average Bonchev–Trinajstić information content (AvgIpc) is 2.47. The quantitative estimate of drug-likeness (QED) is 0.729. The highest BCUT2D eigenvalue weighted by Gasteiger charge is 2.12. The summed E-state index contributed by atoms with van der Waals surface area (Å²) in [7, 11) is 1.69. The molecule has 0 aliphatic heterocycles. The maximum atomic E-state index is 12.1. The molecule has 0 aliphatic rings. The van der Waals surface area contributed by atoms with Crippen LogP contribution in [0.5, 0.6) is 0 Å². The van der Waals surface area contributed by atoms with Crippen molar-refractivity contribution in [3.8, 4) is 0 Å². The van der Waals surface area contributed by atoms with Gasteiger partial charge in [0.2, 0.25) is 5.91 Å². The minimum atomic E-state index is 0.0129. The number of benzene rings is 1. The maximum absolute atomic E-state index is 12.1. The van der Waals surface area contributed by atoms with Crippen molar-refractivity contribution in [3.05, 3.63) is 29.8 Å². The van der Waals surface area contributed by atoms with Crippen LogP contribution in [0.1, 0.15) is 25.8 Å². The van der Waals surface area contributed by atoms with Crippen LogP contribution in [0.4, 0.5) is 5.69 Å². The van der Waals surface area contributed by atoms with Gasteiger partial charge in [-0.1, -0.05) is 18.2 Å². The van der Waals surface area contributed by atoms with E-state index in [2.05, 4.69) is 24.1 Å². The first-order chi connectivity index (χ1) is 10.1. The normalized spacial score (nSPS) is 11.1. The summed E-state index contributed by atoms with van der Waals surface area (Å²) in [6, 6.07) is 8.01. The lowest BCUT2D eigenvalue weighted by Gasteiger charge is -2.25. The van der Waals surface area contributed by atoms with Crippen molar-refractivity contribution in [2.75, 3.05) is 32.1 Å². The van der Waals surface area contributed by atoms with Crippen molar-refractivity contribution >= 4 is 11.6 Å². The second kappa shape index (κ2) is 9.50. The summed E-state index contributed by atoms with van der Waals surface area (Å²) in [4.78, 5) is 14.3. The lowest BCUT2D eigenvalue weighted by Crippen LogP contribution is -2.36. The number of hydrogen-bond acceptors (Lipinski definition) is 4. The van der Waals surface area contributed by atoms with Gasteiger partial charge in [0, 0.05) is 44.9 Å². The second-order valence-corrected chi connectivity index (χ2v) is 5.28. The molecule has 0 aromatic heterocycles. The molecule has 0 fully saturated rings. The fourth-order valence-corrected chi connectivity index (χ4v) is 2.11. The maximum Gasteiger partial charge on any atom is 0.225 e. The van der Waals surface area contributed by atoms with Crippen LogP contribution in [0.25, 0.3) is 0 Å². The molecule has 0 heterocycles. The van der Waals surface area contributed by atoms with Crippen LogP contribution in [-0.4, -0.2) is 43.7 Å². The molecule has 1 aromatic rings. The fourth-order valence-electron chi connectivity index (χ4n) is 2.11. The summed E-state index contributed by atoms with van der Waals surface area (Å²) in [6.45, 7) is 6.89. The molecule has 0 aliphatic carbocycles. The molecular weight excluding hydrogens is 266 g/mol. The Morgan fingerprint density at radius 2 is 2.05 bits per heavy atom. The number of carbonyl (C=O) groups is 1. The van der Waals surface area contributed by atoms with E-state index in [4.69, 9.17) is 10.5 Å². The molecule has 1 aromatic carbocycles. The van der Waals surface area contributed by atoms with Gasteiger partial charge in [0.1, 0.15) is 0 Å². The van der Waals surface area contributed by atoms with E-state index in [9.17, 15) is 4.79 Å². The number of anilines is 1. The third-order valence-electron chi connectivity index (χ3n) is 3.45. The van der Waals surface area contributed by atoms with Crippen LogP contribution in [-0.2, 0) is 16.1 Å². The molecule has 3 N–H and O–H groups in total. The van der Waals surface area contributed by atoms with Crippen molar-refractivity contribution < 1.29 is 9.53 Å². The number of carbonyl (C=O) groups excluding carboxylic acids is 1. The Labute approximate surface area is 127 Å². The fraction of sp³-hybridized carbons (Fsp3) is 0.562. The zero-order valence-electron chi connectivity index (χ0n) is 13.3. The monoisotopic (exact) mass is 293 g/mol. The second-order valence-electron chi connectivity index (χ2n) is 5.28.